The Balaban J connectivity index is 1.90. The van der Waals surface area contributed by atoms with Crippen molar-refractivity contribution in [3.8, 4) is 0 Å². The predicted molar refractivity (Wildman–Crippen MR) is 52.1 cm³/mol. The minimum absolute atomic E-state index is 0.370. The van der Waals surface area contributed by atoms with Crippen LogP contribution in [0.2, 0.25) is 0 Å². The van der Waals surface area contributed by atoms with Gasteiger partial charge < -0.3 is 0 Å². The Hall–Kier alpha value is 1.16. The number of halogens is 4. The molecule has 3 saturated carbocycles. The lowest BCUT2D eigenvalue weighted by Crippen LogP contribution is -1.98. The van der Waals surface area contributed by atoms with E-state index in [1.54, 1.807) is 0 Å². The van der Waals surface area contributed by atoms with Crippen molar-refractivity contribution in [2.45, 2.75) is 21.5 Å². The first kappa shape index (κ1) is 8.47. The van der Waals surface area contributed by atoms with Gasteiger partial charge in [-0.25, -0.2) is 0 Å². The van der Waals surface area contributed by atoms with Crippen molar-refractivity contribution in [3.63, 3.8) is 0 Å². The third-order valence-corrected chi connectivity index (χ3v) is 5.83. The number of hydrogen-bond acceptors (Lipinski definition) is 0. The van der Waals surface area contributed by atoms with Gasteiger partial charge in [-0.1, -0.05) is 0 Å². The van der Waals surface area contributed by atoms with Gasteiger partial charge in [0.05, 0.1) is 0 Å². The average molecular weight is 246 g/mol. The van der Waals surface area contributed by atoms with Gasteiger partial charge in [-0.3, -0.25) is 0 Å². The van der Waals surface area contributed by atoms with E-state index in [9.17, 15) is 0 Å². The summed E-state index contributed by atoms with van der Waals surface area (Å²) in [6.45, 7) is 0. The maximum absolute atomic E-state index is 6.11. The molecule has 0 unspecified atom stereocenters. The zero-order valence-corrected chi connectivity index (χ0v) is 9.26. The van der Waals surface area contributed by atoms with Crippen molar-refractivity contribution in [3.05, 3.63) is 0 Å². The summed E-state index contributed by atoms with van der Waals surface area (Å²) in [5.74, 6) is 1.66. The van der Waals surface area contributed by atoms with Crippen molar-refractivity contribution in [2.75, 3.05) is 0 Å². The topological polar surface area (TPSA) is 0 Å². The normalized spacial score (nSPS) is 57.0. The summed E-state index contributed by atoms with van der Waals surface area (Å²) in [6, 6.07) is 0. The van der Waals surface area contributed by atoms with E-state index in [0.717, 1.165) is 12.8 Å². The minimum atomic E-state index is -0.509. The Kier molecular flexibility index (Phi) is 1.45. The standard InChI is InChI=1S/C8H8Cl4/c9-7(10)3-1-2-4-6(5(3)7)8(4,11)12/h3-6H,1-2H2/t3-,4-,5-,6-/m1/s1. The van der Waals surface area contributed by atoms with Gasteiger partial charge in [0.15, 0.2) is 0 Å². The van der Waals surface area contributed by atoms with E-state index >= 15 is 0 Å². The average Bonchev–Trinajstić information content (AvgIpc) is 2.72. The van der Waals surface area contributed by atoms with Crippen LogP contribution < -0.4 is 0 Å². The number of rotatable bonds is 0. The fraction of sp³-hybridized carbons (Fsp3) is 1.00. The summed E-state index contributed by atoms with van der Waals surface area (Å²) < 4.78 is -1.02. The highest BCUT2D eigenvalue weighted by molar-refractivity contribution is 6.53. The van der Waals surface area contributed by atoms with Gasteiger partial charge >= 0.3 is 0 Å². The lowest BCUT2D eigenvalue weighted by atomic mass is 10.0. The molecule has 4 heteroatoms. The monoisotopic (exact) mass is 244 g/mol. The van der Waals surface area contributed by atoms with Gasteiger partial charge in [0.2, 0.25) is 0 Å². The first-order valence-electron chi connectivity index (χ1n) is 4.23. The van der Waals surface area contributed by atoms with Crippen molar-refractivity contribution in [1.29, 1.82) is 0 Å². The lowest BCUT2D eigenvalue weighted by Gasteiger charge is -2.02. The van der Waals surface area contributed by atoms with Gasteiger partial charge in [0.1, 0.15) is 8.67 Å². The van der Waals surface area contributed by atoms with Crippen LogP contribution in [0.4, 0.5) is 0 Å². The summed E-state index contributed by atoms with van der Waals surface area (Å²) in [4.78, 5) is 0. The molecule has 0 N–H and O–H groups in total. The van der Waals surface area contributed by atoms with E-state index in [1.807, 2.05) is 0 Å². The molecule has 0 amide bonds. The van der Waals surface area contributed by atoms with Crippen LogP contribution in [0.5, 0.6) is 0 Å². The Morgan fingerprint density at radius 3 is 1.42 bits per heavy atom. The van der Waals surface area contributed by atoms with Crippen LogP contribution in [0.3, 0.4) is 0 Å². The molecule has 3 rings (SSSR count). The molecule has 0 saturated heterocycles. The molecule has 0 heterocycles. The summed E-state index contributed by atoms with van der Waals surface area (Å²) in [7, 11) is 0. The van der Waals surface area contributed by atoms with Crippen LogP contribution in [-0.2, 0) is 0 Å². The van der Waals surface area contributed by atoms with Crippen molar-refractivity contribution in [1.82, 2.24) is 0 Å². The highest BCUT2D eigenvalue weighted by atomic mass is 35.5. The molecule has 0 aromatic carbocycles. The van der Waals surface area contributed by atoms with E-state index < -0.39 is 8.67 Å². The first-order valence-corrected chi connectivity index (χ1v) is 5.74. The fourth-order valence-corrected chi connectivity index (χ4v) is 4.79. The maximum atomic E-state index is 6.11. The van der Waals surface area contributed by atoms with E-state index in [0.29, 0.717) is 23.7 Å². The van der Waals surface area contributed by atoms with Gasteiger partial charge in [0, 0.05) is 11.8 Å². The fourth-order valence-electron chi connectivity index (χ4n) is 2.92. The SMILES string of the molecule is ClC1(Cl)[C@H]2[C@H]3[C@@H](CC[C@H]21)C3(Cl)Cl. The Labute approximate surface area is 91.5 Å². The molecule has 0 spiro atoms. The Morgan fingerprint density at radius 1 is 0.750 bits per heavy atom. The molecule has 0 bridgehead atoms. The van der Waals surface area contributed by atoms with E-state index in [-0.39, 0.29) is 0 Å². The third kappa shape index (κ3) is 0.791. The maximum Gasteiger partial charge on any atom is 0.125 e. The molecule has 3 aliphatic carbocycles. The van der Waals surface area contributed by atoms with Crippen molar-refractivity contribution in [2.24, 2.45) is 23.7 Å². The molecule has 3 aliphatic rings. The second-order valence-electron chi connectivity index (χ2n) is 4.19. The van der Waals surface area contributed by atoms with Crippen LogP contribution in [0.15, 0.2) is 0 Å². The molecule has 0 radical (unpaired) electrons. The van der Waals surface area contributed by atoms with Gasteiger partial charge in [-0.2, -0.15) is 0 Å². The molecule has 0 aliphatic heterocycles. The molecule has 4 atom stereocenters. The number of alkyl halides is 4. The summed E-state index contributed by atoms with van der Waals surface area (Å²) >= 11 is 24.4. The third-order valence-electron chi connectivity index (χ3n) is 3.70. The lowest BCUT2D eigenvalue weighted by molar-refractivity contribution is 0.456. The summed E-state index contributed by atoms with van der Waals surface area (Å²) in [5, 5.41) is 0. The van der Waals surface area contributed by atoms with E-state index in [4.69, 9.17) is 46.4 Å². The molecule has 12 heavy (non-hydrogen) atoms. The van der Waals surface area contributed by atoms with Gasteiger partial charge in [-0.05, 0) is 24.7 Å². The van der Waals surface area contributed by atoms with Crippen molar-refractivity contribution >= 4 is 46.4 Å². The first-order chi connectivity index (χ1) is 5.47. The van der Waals surface area contributed by atoms with Crippen molar-refractivity contribution < 1.29 is 0 Å². The van der Waals surface area contributed by atoms with Crippen LogP contribution >= 0.6 is 46.4 Å². The molecular formula is C8H8Cl4. The second-order valence-corrected chi connectivity index (χ2v) is 7.08. The molecular weight excluding hydrogens is 238 g/mol. The predicted octanol–water partition coefficient (Wildman–Crippen LogP) is 3.62. The quantitative estimate of drug-likeness (QED) is 0.572. The van der Waals surface area contributed by atoms with E-state index in [1.165, 1.54) is 0 Å². The Bertz CT molecular complexity index is 221. The molecule has 0 nitrogen and oxygen atoms in total. The zero-order chi connectivity index (χ0) is 8.72. The summed E-state index contributed by atoms with van der Waals surface area (Å²) in [5.41, 5.74) is 0. The van der Waals surface area contributed by atoms with E-state index in [2.05, 4.69) is 0 Å². The number of fused-ring (bicyclic) bond motifs is 3. The highest BCUT2D eigenvalue weighted by Crippen LogP contribution is 2.80. The van der Waals surface area contributed by atoms with Gasteiger partial charge in [0.25, 0.3) is 0 Å². The molecule has 68 valence electrons. The molecule has 3 fully saturated rings. The van der Waals surface area contributed by atoms with Crippen LogP contribution in [0.1, 0.15) is 12.8 Å². The zero-order valence-electron chi connectivity index (χ0n) is 6.24. The van der Waals surface area contributed by atoms with Crippen LogP contribution in [0.25, 0.3) is 0 Å². The van der Waals surface area contributed by atoms with Crippen LogP contribution in [-0.4, -0.2) is 8.67 Å². The smallest absolute Gasteiger partial charge is 0.101 e. The Morgan fingerprint density at radius 2 is 1.08 bits per heavy atom. The number of hydrogen-bond donors (Lipinski definition) is 0. The van der Waals surface area contributed by atoms with Gasteiger partial charge in [-0.15, -0.1) is 46.4 Å². The minimum Gasteiger partial charge on any atom is -0.101 e. The highest BCUT2D eigenvalue weighted by Gasteiger charge is 2.80. The largest absolute Gasteiger partial charge is 0.125 e. The second kappa shape index (κ2) is 2.05. The molecule has 0 aromatic heterocycles. The van der Waals surface area contributed by atoms with Crippen LogP contribution in [0, 0.1) is 23.7 Å². The molecule has 0 aromatic rings. The summed E-state index contributed by atoms with van der Waals surface area (Å²) in [6.07, 6.45) is 2.19.